The Bertz CT molecular complexity index is 2800. The fourth-order valence-electron chi connectivity index (χ4n) is 9.64. The standard InChI is InChI=1S/C53H45N/c1-3-4-5-12-33-53(2)35-54(40-17-10-7-11-18-40)50-32-27-39(34-49(50)53)41-19-13-21-44-43(41)20-14-22-45(44)46-29-24-38-25-30-47-42(36-15-8-6-9-16-36)28-23-37-26-31-48(46)52(38)51(37)47/h6-11,13-32,34H,3-5,12,33,35H2,1-2H3. The molecule has 0 radical (unpaired) electrons. The number of unbranched alkanes of at least 4 members (excludes halogenated alkanes) is 3. The lowest BCUT2D eigenvalue weighted by molar-refractivity contribution is 0.437. The Hall–Kier alpha value is -5.92. The summed E-state index contributed by atoms with van der Waals surface area (Å²) in [6.07, 6.45) is 6.34. The Labute approximate surface area is 318 Å². The first-order chi connectivity index (χ1) is 26.6. The number of hydrogen-bond acceptors (Lipinski definition) is 1. The molecule has 0 aliphatic carbocycles. The van der Waals surface area contributed by atoms with Gasteiger partial charge < -0.3 is 4.90 Å². The molecule has 10 rings (SSSR count). The zero-order valence-corrected chi connectivity index (χ0v) is 31.3. The predicted octanol–water partition coefficient (Wildman–Crippen LogP) is 15.1. The van der Waals surface area contributed by atoms with Crippen molar-refractivity contribution in [1.82, 2.24) is 0 Å². The van der Waals surface area contributed by atoms with Gasteiger partial charge in [0.2, 0.25) is 0 Å². The number of nitrogens with zero attached hydrogens (tertiary/aromatic N) is 1. The van der Waals surface area contributed by atoms with Crippen molar-refractivity contribution >= 4 is 54.5 Å². The van der Waals surface area contributed by atoms with Crippen LogP contribution >= 0.6 is 0 Å². The van der Waals surface area contributed by atoms with E-state index in [1.54, 1.807) is 0 Å². The molecule has 0 saturated carbocycles. The summed E-state index contributed by atoms with van der Waals surface area (Å²) in [5, 5.41) is 10.5. The van der Waals surface area contributed by atoms with Gasteiger partial charge in [0.05, 0.1) is 0 Å². The van der Waals surface area contributed by atoms with Crippen molar-refractivity contribution in [3.8, 4) is 33.4 Å². The number of anilines is 2. The quantitative estimate of drug-likeness (QED) is 0.107. The summed E-state index contributed by atoms with van der Waals surface area (Å²) in [6, 6.07) is 61.4. The lowest BCUT2D eigenvalue weighted by Crippen LogP contribution is -2.28. The number of para-hydroxylation sites is 1. The van der Waals surface area contributed by atoms with E-state index in [2.05, 4.69) is 183 Å². The Kier molecular flexibility index (Phi) is 7.99. The molecule has 1 nitrogen and oxygen atoms in total. The number of fused-ring (bicyclic) bond motifs is 2. The molecule has 1 heteroatoms. The van der Waals surface area contributed by atoms with Crippen molar-refractivity contribution < 1.29 is 0 Å². The number of hydrogen-bond donors (Lipinski definition) is 0. The van der Waals surface area contributed by atoms with Crippen molar-refractivity contribution in [3.05, 3.63) is 169 Å². The maximum Gasteiger partial charge on any atom is 0.0450 e. The fourth-order valence-corrected chi connectivity index (χ4v) is 9.64. The van der Waals surface area contributed by atoms with Crippen LogP contribution in [0.4, 0.5) is 11.4 Å². The van der Waals surface area contributed by atoms with E-state index in [4.69, 9.17) is 0 Å². The van der Waals surface area contributed by atoms with E-state index < -0.39 is 0 Å². The average molecular weight is 696 g/mol. The van der Waals surface area contributed by atoms with E-state index in [-0.39, 0.29) is 5.41 Å². The third kappa shape index (κ3) is 5.29. The first kappa shape index (κ1) is 32.7. The van der Waals surface area contributed by atoms with Crippen LogP contribution in [0.15, 0.2) is 164 Å². The minimum atomic E-state index is 0.0900. The second-order valence-corrected chi connectivity index (χ2v) is 15.7. The van der Waals surface area contributed by atoms with Crippen molar-refractivity contribution in [3.63, 3.8) is 0 Å². The van der Waals surface area contributed by atoms with Crippen LogP contribution in [0, 0.1) is 0 Å². The first-order valence-electron chi connectivity index (χ1n) is 19.9. The molecule has 0 fully saturated rings. The van der Waals surface area contributed by atoms with Crippen LogP contribution in [0.2, 0.25) is 0 Å². The Morgan fingerprint density at radius 3 is 1.80 bits per heavy atom. The molecule has 0 aromatic heterocycles. The summed E-state index contributed by atoms with van der Waals surface area (Å²) in [4.78, 5) is 2.55. The molecule has 9 aromatic rings. The van der Waals surface area contributed by atoms with Crippen LogP contribution in [0.5, 0.6) is 0 Å². The molecular weight excluding hydrogens is 651 g/mol. The van der Waals surface area contributed by atoms with Crippen molar-refractivity contribution in [2.75, 3.05) is 11.4 Å². The van der Waals surface area contributed by atoms with E-state index in [1.807, 2.05) is 0 Å². The Morgan fingerprint density at radius 1 is 0.481 bits per heavy atom. The van der Waals surface area contributed by atoms with Crippen LogP contribution in [0.1, 0.15) is 51.5 Å². The maximum absolute atomic E-state index is 2.55. The molecule has 1 aliphatic heterocycles. The Balaban J connectivity index is 1.11. The van der Waals surface area contributed by atoms with Crippen molar-refractivity contribution in [2.45, 2.75) is 51.4 Å². The summed E-state index contributed by atoms with van der Waals surface area (Å²) in [6.45, 7) is 5.82. The average Bonchev–Trinajstić information content (AvgIpc) is 3.53. The summed E-state index contributed by atoms with van der Waals surface area (Å²) < 4.78 is 0. The SMILES string of the molecule is CCCCCCC1(C)CN(c2ccccc2)c2ccc(-c3cccc4c(-c5ccc6ccc7c(-c8ccccc8)ccc8ccc5c6c87)cccc34)cc21. The summed E-state index contributed by atoms with van der Waals surface area (Å²) in [7, 11) is 0. The lowest BCUT2D eigenvalue weighted by Gasteiger charge is -2.27. The molecular formula is C53H45N. The minimum Gasteiger partial charge on any atom is -0.340 e. The van der Waals surface area contributed by atoms with Gasteiger partial charge in [-0.3, -0.25) is 0 Å². The van der Waals surface area contributed by atoms with Gasteiger partial charge in [-0.05, 0) is 113 Å². The second kappa shape index (κ2) is 13.2. The van der Waals surface area contributed by atoms with Gasteiger partial charge in [0.15, 0.2) is 0 Å². The van der Waals surface area contributed by atoms with Gasteiger partial charge in [0.25, 0.3) is 0 Å². The molecule has 0 spiro atoms. The van der Waals surface area contributed by atoms with Crippen LogP contribution < -0.4 is 4.90 Å². The van der Waals surface area contributed by atoms with Crippen LogP contribution in [-0.2, 0) is 5.41 Å². The van der Waals surface area contributed by atoms with Crippen LogP contribution in [0.25, 0.3) is 76.5 Å². The molecule has 0 amide bonds. The summed E-state index contributed by atoms with van der Waals surface area (Å²) >= 11 is 0. The van der Waals surface area contributed by atoms with Crippen LogP contribution in [0.3, 0.4) is 0 Å². The highest BCUT2D eigenvalue weighted by molar-refractivity contribution is 6.28. The highest BCUT2D eigenvalue weighted by atomic mass is 15.2. The number of benzene rings is 9. The van der Waals surface area contributed by atoms with Crippen molar-refractivity contribution in [2.24, 2.45) is 0 Å². The summed E-state index contributed by atoms with van der Waals surface area (Å²) in [5.41, 5.74) is 11.9. The molecule has 1 aliphatic rings. The highest BCUT2D eigenvalue weighted by Crippen LogP contribution is 2.49. The maximum atomic E-state index is 2.55. The summed E-state index contributed by atoms with van der Waals surface area (Å²) in [5.74, 6) is 0. The van der Waals surface area contributed by atoms with Gasteiger partial charge in [-0.2, -0.15) is 0 Å². The third-order valence-corrected chi connectivity index (χ3v) is 12.4. The van der Waals surface area contributed by atoms with Crippen molar-refractivity contribution in [1.29, 1.82) is 0 Å². The van der Waals surface area contributed by atoms with Gasteiger partial charge in [-0.1, -0.05) is 179 Å². The molecule has 54 heavy (non-hydrogen) atoms. The molecule has 1 unspecified atom stereocenters. The predicted molar refractivity (Wildman–Crippen MR) is 234 cm³/mol. The fraction of sp³-hybridized carbons (Fsp3) is 0.170. The molecule has 0 saturated heterocycles. The largest absolute Gasteiger partial charge is 0.340 e. The van der Waals surface area contributed by atoms with Gasteiger partial charge in [0, 0.05) is 23.3 Å². The highest BCUT2D eigenvalue weighted by Gasteiger charge is 2.39. The van der Waals surface area contributed by atoms with Gasteiger partial charge in [-0.15, -0.1) is 0 Å². The number of rotatable bonds is 9. The molecule has 9 aromatic carbocycles. The Morgan fingerprint density at radius 2 is 1.07 bits per heavy atom. The molecule has 0 bridgehead atoms. The topological polar surface area (TPSA) is 3.24 Å². The second-order valence-electron chi connectivity index (χ2n) is 15.7. The van der Waals surface area contributed by atoms with Gasteiger partial charge >= 0.3 is 0 Å². The minimum absolute atomic E-state index is 0.0900. The zero-order chi connectivity index (χ0) is 36.2. The van der Waals surface area contributed by atoms with E-state index in [0.29, 0.717) is 0 Å². The normalized spacial score (nSPS) is 15.6. The van der Waals surface area contributed by atoms with Gasteiger partial charge in [0.1, 0.15) is 0 Å². The van der Waals surface area contributed by atoms with E-state index in [0.717, 1.165) is 6.54 Å². The molecule has 0 N–H and O–H groups in total. The van der Waals surface area contributed by atoms with E-state index >= 15 is 0 Å². The third-order valence-electron chi connectivity index (χ3n) is 12.4. The van der Waals surface area contributed by atoms with E-state index in [1.165, 1.54) is 126 Å². The smallest absolute Gasteiger partial charge is 0.0450 e. The molecule has 1 atom stereocenters. The van der Waals surface area contributed by atoms with Crippen LogP contribution in [-0.4, -0.2) is 6.54 Å². The van der Waals surface area contributed by atoms with Gasteiger partial charge in [-0.25, -0.2) is 0 Å². The zero-order valence-electron chi connectivity index (χ0n) is 31.3. The molecule has 1 heterocycles. The monoisotopic (exact) mass is 695 g/mol. The van der Waals surface area contributed by atoms with E-state index in [9.17, 15) is 0 Å². The first-order valence-corrected chi connectivity index (χ1v) is 19.9. The lowest BCUT2D eigenvalue weighted by atomic mass is 9.78. The molecule has 262 valence electrons.